The Bertz CT molecular complexity index is 742. The third-order valence-electron chi connectivity index (χ3n) is 4.27. The molecule has 0 saturated carbocycles. The van der Waals surface area contributed by atoms with E-state index < -0.39 is 0 Å². The third kappa shape index (κ3) is 6.06. The van der Waals surface area contributed by atoms with Gasteiger partial charge in [-0.1, -0.05) is 12.1 Å². The summed E-state index contributed by atoms with van der Waals surface area (Å²) in [6.07, 6.45) is 2.28. The standard InChI is InChI=1S/C19H28BrN5S/c1-14-16(15(2)25(4)24-14)13-23-19(21-3)22-11-7-8-12-26-18-10-6-5-9-17(18)20/h5-6,9-10H,7-8,11-13H2,1-4H3,(H2,21,22,23). The molecular formula is C19H28BrN5S. The molecule has 0 fully saturated rings. The number of hydrogen-bond acceptors (Lipinski definition) is 3. The third-order valence-corrected chi connectivity index (χ3v) is 6.39. The topological polar surface area (TPSA) is 54.2 Å². The molecule has 1 aromatic carbocycles. The van der Waals surface area contributed by atoms with Crippen LogP contribution in [0.2, 0.25) is 0 Å². The molecule has 0 amide bonds. The van der Waals surface area contributed by atoms with E-state index in [4.69, 9.17) is 0 Å². The van der Waals surface area contributed by atoms with Crippen LogP contribution in [0.25, 0.3) is 0 Å². The molecule has 5 nitrogen and oxygen atoms in total. The summed E-state index contributed by atoms with van der Waals surface area (Å²) in [5, 5.41) is 11.2. The highest BCUT2D eigenvalue weighted by atomic mass is 79.9. The van der Waals surface area contributed by atoms with Crippen molar-refractivity contribution in [2.45, 2.75) is 38.1 Å². The maximum atomic E-state index is 4.45. The van der Waals surface area contributed by atoms with E-state index in [0.717, 1.165) is 43.3 Å². The largest absolute Gasteiger partial charge is 0.356 e. The van der Waals surface area contributed by atoms with Crippen LogP contribution in [-0.2, 0) is 13.6 Å². The van der Waals surface area contributed by atoms with Gasteiger partial charge in [0.25, 0.3) is 0 Å². The monoisotopic (exact) mass is 437 g/mol. The second kappa shape index (κ2) is 10.6. The van der Waals surface area contributed by atoms with Gasteiger partial charge < -0.3 is 10.6 Å². The van der Waals surface area contributed by atoms with E-state index >= 15 is 0 Å². The quantitative estimate of drug-likeness (QED) is 0.283. The Morgan fingerprint density at radius 1 is 1.23 bits per heavy atom. The van der Waals surface area contributed by atoms with Crippen molar-refractivity contribution in [3.8, 4) is 0 Å². The minimum absolute atomic E-state index is 0.739. The van der Waals surface area contributed by atoms with Crippen LogP contribution < -0.4 is 10.6 Å². The molecule has 1 heterocycles. The summed E-state index contributed by atoms with van der Waals surface area (Å²) in [6.45, 7) is 5.79. The van der Waals surface area contributed by atoms with E-state index in [1.807, 2.05) is 36.5 Å². The maximum Gasteiger partial charge on any atom is 0.191 e. The Labute approximate surface area is 169 Å². The van der Waals surface area contributed by atoms with Gasteiger partial charge in [-0.2, -0.15) is 5.10 Å². The van der Waals surface area contributed by atoms with Crippen LogP contribution in [0.1, 0.15) is 29.8 Å². The first kappa shape index (κ1) is 20.8. The van der Waals surface area contributed by atoms with Gasteiger partial charge in [0, 0.05) is 47.8 Å². The lowest BCUT2D eigenvalue weighted by Crippen LogP contribution is -2.37. The van der Waals surface area contributed by atoms with Gasteiger partial charge in [0.2, 0.25) is 0 Å². The molecule has 0 atom stereocenters. The first-order valence-electron chi connectivity index (χ1n) is 8.84. The Morgan fingerprint density at radius 2 is 2.00 bits per heavy atom. The molecule has 142 valence electrons. The van der Waals surface area contributed by atoms with Crippen molar-refractivity contribution in [1.82, 2.24) is 20.4 Å². The zero-order valence-electron chi connectivity index (χ0n) is 16.0. The summed E-state index contributed by atoms with van der Waals surface area (Å²) in [5.41, 5.74) is 3.49. The molecule has 0 aliphatic rings. The average molecular weight is 438 g/mol. The van der Waals surface area contributed by atoms with E-state index in [1.165, 1.54) is 20.6 Å². The minimum Gasteiger partial charge on any atom is -0.356 e. The average Bonchev–Trinajstić information content (AvgIpc) is 2.87. The summed E-state index contributed by atoms with van der Waals surface area (Å²) in [5.74, 6) is 1.95. The van der Waals surface area contributed by atoms with Crippen LogP contribution in [0, 0.1) is 13.8 Å². The second-order valence-corrected chi connectivity index (χ2v) is 8.10. The van der Waals surface area contributed by atoms with E-state index in [0.29, 0.717) is 0 Å². The van der Waals surface area contributed by atoms with Crippen molar-refractivity contribution in [2.75, 3.05) is 19.3 Å². The fourth-order valence-corrected chi connectivity index (χ4v) is 4.22. The number of hydrogen-bond donors (Lipinski definition) is 2. The number of aliphatic imine (C=N–C) groups is 1. The number of rotatable bonds is 8. The van der Waals surface area contributed by atoms with E-state index in [9.17, 15) is 0 Å². The number of nitrogens with one attached hydrogen (secondary N) is 2. The van der Waals surface area contributed by atoms with Crippen molar-refractivity contribution in [3.05, 3.63) is 45.7 Å². The Balaban J connectivity index is 1.65. The molecule has 0 unspecified atom stereocenters. The molecule has 2 N–H and O–H groups in total. The molecule has 7 heteroatoms. The van der Waals surface area contributed by atoms with Crippen LogP contribution in [0.4, 0.5) is 0 Å². The fraction of sp³-hybridized carbons (Fsp3) is 0.474. The molecule has 2 aromatic rings. The van der Waals surface area contributed by atoms with Gasteiger partial charge in [-0.25, -0.2) is 0 Å². The summed E-state index contributed by atoms with van der Waals surface area (Å²) in [6, 6.07) is 8.37. The van der Waals surface area contributed by atoms with Crippen LogP contribution in [0.5, 0.6) is 0 Å². The van der Waals surface area contributed by atoms with Crippen molar-refractivity contribution in [1.29, 1.82) is 0 Å². The first-order valence-corrected chi connectivity index (χ1v) is 10.6. The fourth-order valence-electron chi connectivity index (χ4n) is 2.64. The predicted octanol–water partition coefficient (Wildman–Crippen LogP) is 4.04. The molecular weight excluding hydrogens is 410 g/mol. The molecule has 0 saturated heterocycles. The Morgan fingerprint density at radius 3 is 2.65 bits per heavy atom. The van der Waals surface area contributed by atoms with Crippen LogP contribution in [-0.4, -0.2) is 35.1 Å². The van der Waals surface area contributed by atoms with E-state index in [2.05, 4.69) is 61.8 Å². The van der Waals surface area contributed by atoms with Crippen LogP contribution in [0.15, 0.2) is 38.6 Å². The molecule has 2 rings (SSSR count). The number of thioether (sulfide) groups is 1. The number of guanidine groups is 1. The summed E-state index contributed by atoms with van der Waals surface area (Å²) in [4.78, 5) is 5.61. The van der Waals surface area contributed by atoms with Crippen molar-refractivity contribution in [2.24, 2.45) is 12.0 Å². The van der Waals surface area contributed by atoms with Crippen molar-refractivity contribution >= 4 is 33.7 Å². The summed E-state index contributed by atoms with van der Waals surface area (Å²) < 4.78 is 3.10. The number of nitrogens with zero attached hydrogens (tertiary/aromatic N) is 3. The van der Waals surface area contributed by atoms with Gasteiger partial charge in [0.05, 0.1) is 5.69 Å². The number of benzene rings is 1. The lowest BCUT2D eigenvalue weighted by atomic mass is 10.2. The van der Waals surface area contributed by atoms with Crippen molar-refractivity contribution < 1.29 is 0 Å². The zero-order valence-corrected chi connectivity index (χ0v) is 18.4. The van der Waals surface area contributed by atoms with Crippen LogP contribution >= 0.6 is 27.7 Å². The molecule has 0 aliphatic carbocycles. The van der Waals surface area contributed by atoms with E-state index in [1.54, 1.807) is 7.05 Å². The number of aromatic nitrogens is 2. The van der Waals surface area contributed by atoms with Gasteiger partial charge in [-0.05, 0) is 60.5 Å². The Hall–Kier alpha value is -1.47. The van der Waals surface area contributed by atoms with Crippen LogP contribution in [0.3, 0.4) is 0 Å². The Kier molecular flexibility index (Phi) is 8.51. The van der Waals surface area contributed by atoms with Gasteiger partial charge >= 0.3 is 0 Å². The summed E-state index contributed by atoms with van der Waals surface area (Å²) >= 11 is 5.49. The van der Waals surface area contributed by atoms with Gasteiger partial charge in [-0.3, -0.25) is 9.67 Å². The van der Waals surface area contributed by atoms with E-state index in [-0.39, 0.29) is 0 Å². The number of unbranched alkanes of at least 4 members (excludes halogenated alkanes) is 1. The molecule has 26 heavy (non-hydrogen) atoms. The molecule has 0 bridgehead atoms. The highest BCUT2D eigenvalue weighted by Gasteiger charge is 2.09. The highest BCUT2D eigenvalue weighted by molar-refractivity contribution is 9.10. The van der Waals surface area contributed by atoms with Gasteiger partial charge in [0.1, 0.15) is 0 Å². The normalized spacial score (nSPS) is 11.7. The highest BCUT2D eigenvalue weighted by Crippen LogP contribution is 2.27. The van der Waals surface area contributed by atoms with Gasteiger partial charge in [-0.15, -0.1) is 11.8 Å². The van der Waals surface area contributed by atoms with Crippen molar-refractivity contribution in [3.63, 3.8) is 0 Å². The second-order valence-electron chi connectivity index (χ2n) is 6.11. The molecule has 0 aliphatic heterocycles. The number of halogens is 1. The molecule has 0 radical (unpaired) electrons. The summed E-state index contributed by atoms with van der Waals surface area (Å²) in [7, 11) is 3.78. The lowest BCUT2D eigenvalue weighted by molar-refractivity contribution is 0.724. The van der Waals surface area contributed by atoms with Gasteiger partial charge in [0.15, 0.2) is 5.96 Å². The maximum absolute atomic E-state index is 4.45. The smallest absolute Gasteiger partial charge is 0.191 e. The molecule has 0 spiro atoms. The first-order chi connectivity index (χ1) is 12.5. The minimum atomic E-state index is 0.739. The molecule has 1 aromatic heterocycles. The number of aryl methyl sites for hydroxylation is 2. The SMILES string of the molecule is CN=C(NCCCCSc1ccccc1Br)NCc1c(C)nn(C)c1C. The zero-order chi connectivity index (χ0) is 18.9. The predicted molar refractivity (Wildman–Crippen MR) is 115 cm³/mol. The lowest BCUT2D eigenvalue weighted by Gasteiger charge is -2.12.